The van der Waals surface area contributed by atoms with Gasteiger partial charge < -0.3 is 11.1 Å². The Bertz CT molecular complexity index is 477. The van der Waals surface area contributed by atoms with Crippen LogP contribution in [-0.2, 0) is 4.79 Å². The molecule has 0 radical (unpaired) electrons. The van der Waals surface area contributed by atoms with Crippen LogP contribution in [-0.4, -0.2) is 17.7 Å². The second-order valence-electron chi connectivity index (χ2n) is 5.44. The van der Waals surface area contributed by atoms with Crippen molar-refractivity contribution in [1.29, 1.82) is 0 Å². The maximum absolute atomic E-state index is 12.3. The Morgan fingerprint density at radius 1 is 1.26 bits per heavy atom. The van der Waals surface area contributed by atoms with Gasteiger partial charge >= 0.3 is 0 Å². The normalized spacial score (nSPS) is 29.8. The van der Waals surface area contributed by atoms with Crippen molar-refractivity contribution in [2.45, 2.75) is 42.7 Å². The quantitative estimate of drug-likeness (QED) is 0.872. The largest absolute Gasteiger partial charge is 0.349 e. The van der Waals surface area contributed by atoms with Crippen molar-refractivity contribution < 1.29 is 4.79 Å². The van der Waals surface area contributed by atoms with Gasteiger partial charge in [0, 0.05) is 16.7 Å². The first-order chi connectivity index (χ1) is 9.25. The van der Waals surface area contributed by atoms with Crippen molar-refractivity contribution in [3.8, 4) is 0 Å². The van der Waals surface area contributed by atoms with Crippen molar-refractivity contribution in [2.24, 2.45) is 11.7 Å². The lowest BCUT2D eigenvalue weighted by atomic mass is 9.99. The first-order valence-corrected chi connectivity index (χ1v) is 8.02. The van der Waals surface area contributed by atoms with E-state index in [4.69, 9.17) is 5.73 Å². The molecule has 2 aliphatic rings. The molecule has 1 aliphatic carbocycles. The Balaban J connectivity index is 1.72. The molecule has 3 N–H and O–H groups in total. The van der Waals surface area contributed by atoms with Gasteiger partial charge in [-0.3, -0.25) is 4.79 Å². The molecule has 1 heterocycles. The molecule has 1 fully saturated rings. The highest BCUT2D eigenvalue weighted by Crippen LogP contribution is 2.36. The van der Waals surface area contributed by atoms with Gasteiger partial charge in [-0.2, -0.15) is 0 Å². The predicted octanol–water partition coefficient (Wildman–Crippen LogP) is 2.47. The Kier molecular flexibility index (Phi) is 3.80. The van der Waals surface area contributed by atoms with Crippen molar-refractivity contribution in [3.05, 3.63) is 29.8 Å². The summed E-state index contributed by atoms with van der Waals surface area (Å²) in [6.07, 6.45) is 4.01. The highest BCUT2D eigenvalue weighted by molar-refractivity contribution is 7.99. The van der Waals surface area contributed by atoms with Gasteiger partial charge in [-0.15, -0.1) is 11.8 Å². The molecule has 1 aromatic carbocycles. The summed E-state index contributed by atoms with van der Waals surface area (Å²) in [6.45, 7) is 0. The van der Waals surface area contributed by atoms with Gasteiger partial charge in [-0.1, -0.05) is 24.6 Å². The molecule has 1 saturated carbocycles. The summed E-state index contributed by atoms with van der Waals surface area (Å²) in [4.78, 5) is 13.6. The topological polar surface area (TPSA) is 55.1 Å². The first-order valence-electron chi connectivity index (χ1n) is 7.03. The zero-order valence-corrected chi connectivity index (χ0v) is 11.8. The maximum Gasteiger partial charge on any atom is 0.225 e. The molecule has 102 valence electrons. The number of rotatable bonds is 2. The van der Waals surface area contributed by atoms with E-state index < -0.39 is 0 Å². The van der Waals surface area contributed by atoms with Crippen LogP contribution in [0.25, 0.3) is 0 Å². The van der Waals surface area contributed by atoms with Crippen LogP contribution >= 0.6 is 11.8 Å². The first kappa shape index (κ1) is 13.0. The molecule has 0 spiro atoms. The molecular weight excluding hydrogens is 256 g/mol. The van der Waals surface area contributed by atoms with Gasteiger partial charge in [0.1, 0.15) is 0 Å². The van der Waals surface area contributed by atoms with Gasteiger partial charge in [0.25, 0.3) is 0 Å². The summed E-state index contributed by atoms with van der Waals surface area (Å²) in [5.74, 6) is 1.23. The third-order valence-electron chi connectivity index (χ3n) is 4.18. The van der Waals surface area contributed by atoms with Crippen molar-refractivity contribution >= 4 is 17.7 Å². The number of nitrogens with one attached hydrogen (secondary N) is 1. The van der Waals surface area contributed by atoms with E-state index in [1.54, 1.807) is 0 Å². The minimum atomic E-state index is 0.0155. The molecule has 4 heteroatoms. The summed E-state index contributed by atoms with van der Waals surface area (Å²) in [5, 5.41) is 3.22. The van der Waals surface area contributed by atoms with Crippen LogP contribution in [0.1, 0.15) is 37.3 Å². The Morgan fingerprint density at radius 3 is 2.89 bits per heavy atom. The predicted molar refractivity (Wildman–Crippen MR) is 78.0 cm³/mol. The smallest absolute Gasteiger partial charge is 0.225 e. The van der Waals surface area contributed by atoms with E-state index in [1.807, 2.05) is 17.8 Å². The molecule has 3 nitrogen and oxygen atoms in total. The Morgan fingerprint density at radius 2 is 2.11 bits per heavy atom. The molecule has 0 bridgehead atoms. The monoisotopic (exact) mass is 276 g/mol. The van der Waals surface area contributed by atoms with Crippen LogP contribution in [0.15, 0.2) is 29.2 Å². The molecule has 3 rings (SSSR count). The standard InChI is InChI=1S/C15H20N2OS/c16-12-6-3-5-10(12)15(18)17-13-8-9-19-14-7-2-1-4-11(13)14/h1-2,4,7,10,12-13H,3,5-6,8-9,16H2,(H,17,18). The molecule has 19 heavy (non-hydrogen) atoms. The number of hydrogen-bond acceptors (Lipinski definition) is 3. The number of benzene rings is 1. The molecule has 1 amide bonds. The van der Waals surface area contributed by atoms with E-state index in [2.05, 4.69) is 23.5 Å². The molecular formula is C15H20N2OS. The SMILES string of the molecule is NC1CCCC1C(=O)NC1CCSc2ccccc21. The summed E-state index contributed by atoms with van der Waals surface area (Å²) in [7, 11) is 0. The number of hydrogen-bond donors (Lipinski definition) is 2. The second-order valence-corrected chi connectivity index (χ2v) is 6.57. The van der Waals surface area contributed by atoms with E-state index in [9.17, 15) is 4.79 Å². The van der Waals surface area contributed by atoms with E-state index >= 15 is 0 Å². The third-order valence-corrected chi connectivity index (χ3v) is 5.30. The van der Waals surface area contributed by atoms with Gasteiger partial charge in [-0.25, -0.2) is 0 Å². The number of fused-ring (bicyclic) bond motifs is 1. The number of carbonyl (C=O) groups excluding carboxylic acids is 1. The number of amides is 1. The molecule has 3 unspecified atom stereocenters. The molecule has 1 aromatic rings. The highest BCUT2D eigenvalue weighted by Gasteiger charge is 2.32. The lowest BCUT2D eigenvalue weighted by molar-refractivity contribution is -0.126. The molecule has 0 aromatic heterocycles. The molecule has 1 aliphatic heterocycles. The number of thioether (sulfide) groups is 1. The van der Waals surface area contributed by atoms with Crippen molar-refractivity contribution in [3.63, 3.8) is 0 Å². The van der Waals surface area contributed by atoms with E-state index in [0.29, 0.717) is 0 Å². The van der Waals surface area contributed by atoms with Crippen LogP contribution < -0.4 is 11.1 Å². The fourth-order valence-electron chi connectivity index (χ4n) is 3.09. The summed E-state index contributed by atoms with van der Waals surface area (Å²) < 4.78 is 0. The Hall–Kier alpha value is -1.00. The number of nitrogens with two attached hydrogens (primary N) is 1. The van der Waals surface area contributed by atoms with Crippen molar-refractivity contribution in [1.82, 2.24) is 5.32 Å². The van der Waals surface area contributed by atoms with Crippen LogP contribution in [0.2, 0.25) is 0 Å². The fraction of sp³-hybridized carbons (Fsp3) is 0.533. The number of carbonyl (C=O) groups is 1. The average molecular weight is 276 g/mol. The summed E-state index contributed by atoms with van der Waals surface area (Å²) >= 11 is 1.88. The Labute approximate surface area is 118 Å². The van der Waals surface area contributed by atoms with E-state index in [-0.39, 0.29) is 23.9 Å². The van der Waals surface area contributed by atoms with Crippen LogP contribution in [0.4, 0.5) is 0 Å². The van der Waals surface area contributed by atoms with Gasteiger partial charge in [0.05, 0.1) is 12.0 Å². The minimum absolute atomic E-state index is 0.0155. The van der Waals surface area contributed by atoms with Gasteiger partial charge in [0.2, 0.25) is 5.91 Å². The lowest BCUT2D eigenvalue weighted by Gasteiger charge is -2.27. The van der Waals surface area contributed by atoms with Crippen molar-refractivity contribution in [2.75, 3.05) is 5.75 Å². The van der Waals surface area contributed by atoms with Crippen LogP contribution in [0.3, 0.4) is 0 Å². The van der Waals surface area contributed by atoms with E-state index in [1.165, 1.54) is 10.5 Å². The zero-order chi connectivity index (χ0) is 13.2. The van der Waals surface area contributed by atoms with Crippen LogP contribution in [0, 0.1) is 5.92 Å². The third kappa shape index (κ3) is 2.65. The highest BCUT2D eigenvalue weighted by atomic mass is 32.2. The minimum Gasteiger partial charge on any atom is -0.349 e. The maximum atomic E-state index is 12.3. The summed E-state index contributed by atoms with van der Waals surface area (Å²) in [5.41, 5.74) is 7.28. The fourth-order valence-corrected chi connectivity index (χ4v) is 4.21. The van der Waals surface area contributed by atoms with E-state index in [0.717, 1.165) is 31.4 Å². The average Bonchev–Trinajstić information content (AvgIpc) is 2.85. The molecule has 3 atom stereocenters. The van der Waals surface area contributed by atoms with Gasteiger partial charge in [0.15, 0.2) is 0 Å². The molecule has 0 saturated heterocycles. The van der Waals surface area contributed by atoms with Gasteiger partial charge in [-0.05, 0) is 30.9 Å². The lowest BCUT2D eigenvalue weighted by Crippen LogP contribution is -2.40. The van der Waals surface area contributed by atoms with Crippen LogP contribution in [0.5, 0.6) is 0 Å². The second kappa shape index (κ2) is 5.55. The zero-order valence-electron chi connectivity index (χ0n) is 11.0. The summed E-state index contributed by atoms with van der Waals surface area (Å²) in [6, 6.07) is 8.58.